The van der Waals surface area contributed by atoms with Gasteiger partial charge in [-0.15, -0.1) is 0 Å². The van der Waals surface area contributed by atoms with Gasteiger partial charge in [0.15, 0.2) is 12.3 Å². The fraction of sp³-hybridized carbons (Fsp3) is 0.806. The van der Waals surface area contributed by atoms with Crippen molar-refractivity contribution in [3.05, 3.63) is 33.1 Å². The molecule has 2 N–H and O–H groups in total. The fourth-order valence-electron chi connectivity index (χ4n) is 6.00. The molecule has 3 heterocycles. The van der Waals surface area contributed by atoms with E-state index >= 15 is 0 Å². The van der Waals surface area contributed by atoms with Crippen LogP contribution in [0.5, 0.6) is 0 Å². The average molecular weight is 702 g/mol. The van der Waals surface area contributed by atoms with Crippen LogP contribution in [0.2, 0.25) is 22.2 Å². The van der Waals surface area contributed by atoms with Gasteiger partial charge in [-0.2, -0.15) is 0 Å². The van der Waals surface area contributed by atoms with Gasteiger partial charge in [-0.1, -0.05) is 55.4 Å². The number of nitrogens with zero attached hydrogens (tertiary/aromatic N) is 1. The van der Waals surface area contributed by atoms with Gasteiger partial charge >= 0.3 is 34.9 Å². The number of esters is 1. The lowest BCUT2D eigenvalue weighted by Crippen LogP contribution is -2.66. The third kappa shape index (κ3) is 9.02. The van der Waals surface area contributed by atoms with E-state index in [0.717, 1.165) is 0 Å². The molecule has 0 saturated carbocycles. The molecule has 0 spiro atoms. The Bertz CT molecular complexity index is 1310. The van der Waals surface area contributed by atoms with Crippen molar-refractivity contribution in [2.75, 3.05) is 33.0 Å². The lowest BCUT2D eigenvalue weighted by Gasteiger charge is -2.51. The molecule has 1 aromatic heterocycles. The summed E-state index contributed by atoms with van der Waals surface area (Å²) < 4.78 is 45.4. The Balaban J connectivity index is 1.86. The van der Waals surface area contributed by atoms with Crippen molar-refractivity contribution in [1.82, 2.24) is 14.9 Å². The van der Waals surface area contributed by atoms with Gasteiger partial charge in [0.1, 0.15) is 18.8 Å². The minimum Gasteiger partial charge on any atom is -0.463 e. The third-order valence-corrected chi connectivity index (χ3v) is 18.8. The maximum absolute atomic E-state index is 13.2. The van der Waals surface area contributed by atoms with E-state index in [2.05, 4.69) is 65.7 Å². The SMILES string of the molecule is CC(C)[Si]1(C(C)C)OC[C@H]2O[C@@H](n3ccc(=O)[nH]c3=O)[C@H](OC(=O)NCCOCCOC(=O)C(C)(C)C)[C@@H]2O[Si](C(C)C)(C(C)C)O1. The Morgan fingerprint density at radius 1 is 0.979 bits per heavy atom. The number of aromatic amines is 1. The number of amides is 1. The number of H-pyrrole nitrogens is 1. The van der Waals surface area contributed by atoms with E-state index in [1.807, 2.05) is 0 Å². The van der Waals surface area contributed by atoms with E-state index < -0.39 is 64.4 Å². The molecule has 0 aliphatic carbocycles. The summed E-state index contributed by atoms with van der Waals surface area (Å²) in [6, 6.07) is 1.20. The molecule has 47 heavy (non-hydrogen) atoms. The standard InChI is InChI=1S/C31H55N3O11Si2/c1-19(2)46(20(3)4)41-18-23-25(44-47(45-46,21(5)6)22(7)8)26(27(42-23)34-14-12-24(35)33-29(34)37)43-30(38)32-13-15-39-16-17-40-28(36)31(9,10)11/h12,14,19-23,25-27H,13,15-18H2,1-11H3,(H,32,38)(H,33,35,37)/t23-,25-,26-,27-/m1/s1. The van der Waals surface area contributed by atoms with Crippen molar-refractivity contribution >= 4 is 29.2 Å². The van der Waals surface area contributed by atoms with Gasteiger partial charge in [0.05, 0.1) is 25.2 Å². The molecular formula is C31H55N3O11Si2. The molecule has 3 rings (SSSR count). The molecule has 2 saturated heterocycles. The summed E-state index contributed by atoms with van der Waals surface area (Å²) in [5, 5.41) is 2.67. The smallest absolute Gasteiger partial charge is 0.407 e. The van der Waals surface area contributed by atoms with Crippen molar-refractivity contribution < 1.29 is 41.5 Å². The highest BCUT2D eigenvalue weighted by molar-refractivity contribution is 6.84. The molecule has 1 aromatic rings. The molecule has 2 aliphatic heterocycles. The molecule has 0 unspecified atom stereocenters. The summed E-state index contributed by atoms with van der Waals surface area (Å²) in [7, 11) is -6.02. The van der Waals surface area contributed by atoms with E-state index in [9.17, 15) is 19.2 Å². The monoisotopic (exact) mass is 701 g/mol. The Morgan fingerprint density at radius 2 is 1.60 bits per heavy atom. The Morgan fingerprint density at radius 3 is 2.15 bits per heavy atom. The number of carbonyl (C=O) groups excluding carboxylic acids is 2. The largest absolute Gasteiger partial charge is 0.463 e. The van der Waals surface area contributed by atoms with Gasteiger partial charge in [0.25, 0.3) is 5.56 Å². The maximum Gasteiger partial charge on any atom is 0.407 e. The second-order valence-corrected chi connectivity index (χ2v) is 23.3. The number of carbonyl (C=O) groups is 2. The minimum atomic E-state index is -3.13. The summed E-state index contributed by atoms with van der Waals surface area (Å²) >= 11 is 0. The van der Waals surface area contributed by atoms with Gasteiger partial charge in [-0.3, -0.25) is 19.1 Å². The topological polar surface area (TPSA) is 166 Å². The van der Waals surface area contributed by atoms with Gasteiger partial charge < -0.3 is 37.2 Å². The first-order valence-corrected chi connectivity index (χ1v) is 20.5. The third-order valence-electron chi connectivity index (χ3n) is 8.57. The summed E-state index contributed by atoms with van der Waals surface area (Å²) in [6.45, 7) is 22.7. The number of hydrogen-bond donors (Lipinski definition) is 2. The van der Waals surface area contributed by atoms with Crippen LogP contribution in [0.3, 0.4) is 0 Å². The molecule has 1 amide bonds. The number of aromatic nitrogens is 2. The van der Waals surface area contributed by atoms with Gasteiger partial charge in [-0.25, -0.2) is 9.59 Å². The van der Waals surface area contributed by atoms with Crippen molar-refractivity contribution in [3.63, 3.8) is 0 Å². The highest BCUT2D eigenvalue weighted by Crippen LogP contribution is 2.48. The molecule has 2 fully saturated rings. The van der Waals surface area contributed by atoms with Crippen LogP contribution in [0.15, 0.2) is 21.9 Å². The number of nitrogens with one attached hydrogen (secondary N) is 2. The zero-order chi connectivity index (χ0) is 35.3. The first-order valence-electron chi connectivity index (χ1n) is 16.5. The van der Waals surface area contributed by atoms with E-state index in [0.29, 0.717) is 0 Å². The fourth-order valence-corrected chi connectivity index (χ4v) is 17.2. The number of fused-ring (bicyclic) bond motifs is 1. The van der Waals surface area contributed by atoms with Gasteiger partial charge in [-0.05, 0) is 42.9 Å². The van der Waals surface area contributed by atoms with Crippen LogP contribution < -0.4 is 16.6 Å². The number of alkyl carbamates (subject to hydrolysis) is 1. The molecule has 4 atom stereocenters. The second-order valence-electron chi connectivity index (χ2n) is 14.4. The lowest BCUT2D eigenvalue weighted by atomic mass is 9.97. The predicted octanol–water partition coefficient (Wildman–Crippen LogP) is 4.09. The van der Waals surface area contributed by atoms with E-state index in [4.69, 9.17) is 31.9 Å². The van der Waals surface area contributed by atoms with E-state index in [-0.39, 0.29) is 61.1 Å². The molecular weight excluding hydrogens is 647 g/mol. The first kappa shape index (κ1) is 39.1. The number of rotatable bonds is 12. The highest BCUT2D eigenvalue weighted by atomic mass is 28.5. The van der Waals surface area contributed by atoms with E-state index in [1.54, 1.807) is 20.8 Å². The number of hydrogen-bond acceptors (Lipinski definition) is 11. The number of ether oxygens (including phenoxy) is 4. The van der Waals surface area contributed by atoms with Gasteiger partial charge in [0.2, 0.25) is 0 Å². The summed E-state index contributed by atoms with van der Waals surface area (Å²) in [5.41, 5.74) is -1.68. The van der Waals surface area contributed by atoms with Crippen molar-refractivity contribution in [3.8, 4) is 0 Å². The lowest BCUT2D eigenvalue weighted by molar-refractivity contribution is -0.154. The normalized spacial score (nSPS) is 24.2. The Labute approximate surface area is 279 Å². The van der Waals surface area contributed by atoms with Crippen LogP contribution in [0.25, 0.3) is 0 Å². The zero-order valence-electron chi connectivity index (χ0n) is 29.7. The van der Waals surface area contributed by atoms with Crippen LogP contribution in [-0.2, 0) is 36.7 Å². The van der Waals surface area contributed by atoms with Crippen LogP contribution in [0.4, 0.5) is 4.79 Å². The molecule has 14 nitrogen and oxygen atoms in total. The molecule has 0 radical (unpaired) electrons. The average Bonchev–Trinajstić information content (AvgIpc) is 3.26. The van der Waals surface area contributed by atoms with Crippen LogP contribution in [0, 0.1) is 5.41 Å². The molecule has 2 aliphatic rings. The van der Waals surface area contributed by atoms with Crippen molar-refractivity contribution in [1.29, 1.82) is 0 Å². The van der Waals surface area contributed by atoms with Crippen LogP contribution >= 0.6 is 0 Å². The highest BCUT2D eigenvalue weighted by Gasteiger charge is 2.62. The Kier molecular flexibility index (Phi) is 13.2. The minimum absolute atomic E-state index is 0.00151. The van der Waals surface area contributed by atoms with Crippen LogP contribution in [-0.4, -0.2) is 90.0 Å². The summed E-state index contributed by atoms with van der Waals surface area (Å²) in [5.74, 6) is -0.327. The maximum atomic E-state index is 13.2. The Hall–Kier alpha value is -2.35. The first-order chi connectivity index (χ1) is 21.9. The van der Waals surface area contributed by atoms with Crippen molar-refractivity contribution in [2.45, 2.75) is 123 Å². The van der Waals surface area contributed by atoms with Gasteiger partial charge in [0, 0.05) is 18.8 Å². The molecule has 0 bridgehead atoms. The molecule has 0 aromatic carbocycles. The summed E-state index contributed by atoms with van der Waals surface area (Å²) in [4.78, 5) is 52.2. The molecule has 16 heteroatoms. The van der Waals surface area contributed by atoms with E-state index in [1.165, 1.54) is 16.8 Å². The zero-order valence-corrected chi connectivity index (χ0v) is 31.7. The van der Waals surface area contributed by atoms with Crippen LogP contribution in [0.1, 0.15) is 82.4 Å². The predicted molar refractivity (Wildman–Crippen MR) is 179 cm³/mol. The summed E-state index contributed by atoms with van der Waals surface area (Å²) in [6.07, 6.45) is -3.20. The van der Waals surface area contributed by atoms with Crippen molar-refractivity contribution in [2.24, 2.45) is 5.41 Å². The quantitative estimate of drug-likeness (QED) is 0.183. The molecule has 268 valence electrons. The second kappa shape index (κ2) is 15.9.